The summed E-state index contributed by atoms with van der Waals surface area (Å²) in [5, 5.41) is 3.46. The zero-order valence-electron chi connectivity index (χ0n) is 9.98. The number of thiophene rings is 1. The summed E-state index contributed by atoms with van der Waals surface area (Å²) >= 11 is 12.3. The maximum Gasteiger partial charge on any atom is 0.0843 e. The smallest absolute Gasteiger partial charge is 0.0843 e. The van der Waals surface area contributed by atoms with Crippen molar-refractivity contribution in [1.82, 2.24) is 0 Å². The fourth-order valence-electron chi connectivity index (χ4n) is 1.72. The summed E-state index contributed by atoms with van der Waals surface area (Å²) in [5.41, 5.74) is 3.67. The van der Waals surface area contributed by atoms with Crippen LogP contribution >= 0.6 is 59.1 Å². The van der Waals surface area contributed by atoms with Gasteiger partial charge in [0.15, 0.2) is 0 Å². The zero-order valence-corrected chi connectivity index (χ0v) is 15.6. The molecule has 0 saturated heterocycles. The number of rotatable bonds is 3. The van der Waals surface area contributed by atoms with Crippen LogP contribution in [0.25, 0.3) is 0 Å². The molecule has 0 amide bonds. The Morgan fingerprint density at radius 1 is 1.06 bits per heavy atom. The molecule has 0 atom stereocenters. The standard InChI is InChI=1S/C13H12Br3NS/c1-7-3-9(4-8(2)12(7)15)17-6-10-5-11(14)13(16)18-10/h3-5,17H,6H2,1-2H3. The molecule has 2 aromatic rings. The minimum Gasteiger partial charge on any atom is -0.380 e. The Bertz CT molecular complexity index is 535. The molecule has 5 heteroatoms. The predicted molar refractivity (Wildman–Crippen MR) is 90.7 cm³/mol. The maximum absolute atomic E-state index is 3.58. The summed E-state index contributed by atoms with van der Waals surface area (Å²) in [4.78, 5) is 1.30. The third-order valence-electron chi connectivity index (χ3n) is 2.60. The lowest BCUT2D eigenvalue weighted by molar-refractivity contribution is 1.18. The number of hydrogen-bond donors (Lipinski definition) is 1. The second-order valence-electron chi connectivity index (χ2n) is 4.11. The van der Waals surface area contributed by atoms with Crippen LogP contribution in [0.3, 0.4) is 0 Å². The van der Waals surface area contributed by atoms with Crippen molar-refractivity contribution < 1.29 is 0 Å². The molecule has 1 aromatic heterocycles. The molecule has 1 nitrogen and oxygen atoms in total. The van der Waals surface area contributed by atoms with Gasteiger partial charge in [-0.2, -0.15) is 0 Å². The van der Waals surface area contributed by atoms with Crippen molar-refractivity contribution in [3.8, 4) is 0 Å². The number of anilines is 1. The molecular weight excluding hydrogens is 442 g/mol. The molecule has 1 N–H and O–H groups in total. The Hall–Kier alpha value is 0.160. The third-order valence-corrected chi connectivity index (χ3v) is 7.11. The van der Waals surface area contributed by atoms with E-state index in [4.69, 9.17) is 0 Å². The van der Waals surface area contributed by atoms with Crippen molar-refractivity contribution in [1.29, 1.82) is 0 Å². The van der Waals surface area contributed by atoms with Crippen LogP contribution in [-0.2, 0) is 6.54 Å². The van der Waals surface area contributed by atoms with E-state index in [1.165, 1.54) is 20.5 Å². The Morgan fingerprint density at radius 3 is 2.17 bits per heavy atom. The molecule has 0 unspecified atom stereocenters. The van der Waals surface area contributed by atoms with E-state index >= 15 is 0 Å². The Morgan fingerprint density at radius 2 is 1.67 bits per heavy atom. The first-order valence-electron chi connectivity index (χ1n) is 5.41. The quantitative estimate of drug-likeness (QED) is 0.578. The fraction of sp³-hybridized carbons (Fsp3) is 0.231. The number of nitrogens with one attached hydrogen (secondary N) is 1. The van der Waals surface area contributed by atoms with Crippen LogP contribution in [0.15, 0.2) is 30.9 Å². The Balaban J connectivity index is 2.11. The van der Waals surface area contributed by atoms with Gasteiger partial charge >= 0.3 is 0 Å². The summed E-state index contributed by atoms with van der Waals surface area (Å²) in [7, 11) is 0. The lowest BCUT2D eigenvalue weighted by atomic mass is 10.1. The van der Waals surface area contributed by atoms with Crippen LogP contribution in [0.2, 0.25) is 0 Å². The SMILES string of the molecule is Cc1cc(NCc2cc(Br)c(Br)s2)cc(C)c1Br. The van der Waals surface area contributed by atoms with Crippen molar-refractivity contribution in [3.63, 3.8) is 0 Å². The average Bonchev–Trinajstić information content (AvgIpc) is 2.63. The molecule has 0 radical (unpaired) electrons. The van der Waals surface area contributed by atoms with Gasteiger partial charge in [0.1, 0.15) is 0 Å². The van der Waals surface area contributed by atoms with Crippen LogP contribution in [0.4, 0.5) is 5.69 Å². The second-order valence-corrected chi connectivity index (χ2v) is 8.21. The van der Waals surface area contributed by atoms with Gasteiger partial charge in [0, 0.05) is 26.1 Å². The summed E-state index contributed by atoms with van der Waals surface area (Å²) < 4.78 is 3.45. The zero-order chi connectivity index (χ0) is 13.3. The highest BCUT2D eigenvalue weighted by Gasteiger charge is 2.05. The normalized spacial score (nSPS) is 10.7. The highest BCUT2D eigenvalue weighted by atomic mass is 79.9. The molecular formula is C13H12Br3NS. The van der Waals surface area contributed by atoms with Gasteiger partial charge in [0.25, 0.3) is 0 Å². The van der Waals surface area contributed by atoms with Crippen molar-refractivity contribution >= 4 is 64.8 Å². The van der Waals surface area contributed by atoms with E-state index in [0.717, 1.165) is 20.5 Å². The van der Waals surface area contributed by atoms with Gasteiger partial charge in [-0.15, -0.1) is 11.3 Å². The largest absolute Gasteiger partial charge is 0.380 e. The summed E-state index contributed by atoms with van der Waals surface area (Å²) in [6, 6.07) is 6.46. The van der Waals surface area contributed by atoms with Gasteiger partial charge in [-0.1, -0.05) is 15.9 Å². The monoisotopic (exact) mass is 451 g/mol. The molecule has 0 saturated carbocycles. The Labute approximate surface area is 136 Å². The van der Waals surface area contributed by atoms with Crippen molar-refractivity contribution in [3.05, 3.63) is 46.9 Å². The molecule has 96 valence electrons. The highest BCUT2D eigenvalue weighted by Crippen LogP contribution is 2.33. The lowest BCUT2D eigenvalue weighted by Crippen LogP contribution is -1.98. The third kappa shape index (κ3) is 3.38. The van der Waals surface area contributed by atoms with Crippen LogP contribution < -0.4 is 5.32 Å². The number of benzene rings is 1. The van der Waals surface area contributed by atoms with Crippen molar-refractivity contribution in [2.45, 2.75) is 20.4 Å². The van der Waals surface area contributed by atoms with Crippen LogP contribution in [0.1, 0.15) is 16.0 Å². The molecule has 0 aliphatic heterocycles. The Kier molecular flexibility index (Phi) is 4.92. The average molecular weight is 454 g/mol. The van der Waals surface area contributed by atoms with Gasteiger partial charge in [0.05, 0.1) is 3.79 Å². The minimum absolute atomic E-state index is 0.843. The van der Waals surface area contributed by atoms with Gasteiger partial charge in [0.2, 0.25) is 0 Å². The van der Waals surface area contributed by atoms with Crippen LogP contribution in [0, 0.1) is 13.8 Å². The van der Waals surface area contributed by atoms with Gasteiger partial charge < -0.3 is 5.32 Å². The highest BCUT2D eigenvalue weighted by molar-refractivity contribution is 9.13. The molecule has 0 aliphatic rings. The van der Waals surface area contributed by atoms with E-state index in [0.29, 0.717) is 0 Å². The molecule has 1 aromatic carbocycles. The topological polar surface area (TPSA) is 12.0 Å². The maximum atomic E-state index is 3.58. The second kappa shape index (κ2) is 6.07. The summed E-state index contributed by atoms with van der Waals surface area (Å²) in [5.74, 6) is 0. The van der Waals surface area contributed by atoms with Crippen molar-refractivity contribution in [2.24, 2.45) is 0 Å². The first kappa shape index (κ1) is 14.6. The minimum atomic E-state index is 0.843. The van der Waals surface area contributed by atoms with E-state index in [1.54, 1.807) is 11.3 Å². The van der Waals surface area contributed by atoms with E-state index in [2.05, 4.69) is 85.2 Å². The van der Waals surface area contributed by atoms with Crippen molar-refractivity contribution in [2.75, 3.05) is 5.32 Å². The van der Waals surface area contributed by atoms with Gasteiger partial charge in [-0.05, 0) is 75.0 Å². The number of hydrogen-bond acceptors (Lipinski definition) is 2. The number of aryl methyl sites for hydroxylation is 2. The number of halogens is 3. The summed E-state index contributed by atoms with van der Waals surface area (Å²) in [6.07, 6.45) is 0. The van der Waals surface area contributed by atoms with Gasteiger partial charge in [-0.25, -0.2) is 0 Å². The summed E-state index contributed by atoms with van der Waals surface area (Å²) in [6.45, 7) is 5.07. The molecule has 0 aliphatic carbocycles. The van der Waals surface area contributed by atoms with Crippen LogP contribution in [0.5, 0.6) is 0 Å². The first-order valence-corrected chi connectivity index (χ1v) is 8.61. The molecule has 0 fully saturated rings. The molecule has 18 heavy (non-hydrogen) atoms. The van der Waals surface area contributed by atoms with E-state index in [9.17, 15) is 0 Å². The fourth-order valence-corrected chi connectivity index (χ4v) is 4.06. The first-order chi connectivity index (χ1) is 8.47. The predicted octanol–water partition coefficient (Wildman–Crippen LogP) is 6.26. The molecule has 0 spiro atoms. The molecule has 1 heterocycles. The van der Waals surface area contributed by atoms with Gasteiger partial charge in [-0.3, -0.25) is 0 Å². The molecule has 0 bridgehead atoms. The van der Waals surface area contributed by atoms with Crippen LogP contribution in [-0.4, -0.2) is 0 Å². The lowest BCUT2D eigenvalue weighted by Gasteiger charge is -2.09. The van der Waals surface area contributed by atoms with E-state index < -0.39 is 0 Å². The van der Waals surface area contributed by atoms with E-state index in [-0.39, 0.29) is 0 Å². The molecule has 2 rings (SSSR count). The van der Waals surface area contributed by atoms with E-state index in [1.807, 2.05) is 0 Å².